The van der Waals surface area contributed by atoms with Gasteiger partial charge in [-0.25, -0.2) is 0 Å². The minimum Gasteiger partial charge on any atom is -0.117 e. The minimum absolute atomic E-state index is 0.231. The van der Waals surface area contributed by atoms with Crippen molar-refractivity contribution in [2.24, 2.45) is 34.0 Å². The molecule has 0 saturated carbocycles. The van der Waals surface area contributed by atoms with Gasteiger partial charge in [0.05, 0.1) is 0 Å². The third-order valence-corrected chi connectivity index (χ3v) is 12.4. The number of hydrogen-bond acceptors (Lipinski definition) is 0. The molecule has 3 atom stereocenters. The van der Waals surface area contributed by atoms with E-state index in [1.807, 2.05) is 0 Å². The zero-order valence-electron chi connectivity index (χ0n) is 21.6. The Labute approximate surface area is 197 Å². The summed E-state index contributed by atoms with van der Waals surface area (Å²) in [5.74, 6) is 1.90. The monoisotopic (exact) mass is 432 g/mol. The molecule has 0 nitrogen and oxygen atoms in total. The normalized spacial score (nSPS) is 30.5. The lowest BCUT2D eigenvalue weighted by atomic mass is 9.73. The van der Waals surface area contributed by atoms with Crippen molar-refractivity contribution in [3.05, 3.63) is 68.0 Å². The molecule has 0 N–H and O–H groups in total. The van der Waals surface area contributed by atoms with E-state index in [1.54, 1.807) is 13.3 Å². The maximum atomic E-state index is 2.54. The molecule has 0 fully saturated rings. The van der Waals surface area contributed by atoms with Crippen LogP contribution in [0.1, 0.15) is 81.6 Å². The van der Waals surface area contributed by atoms with E-state index in [4.69, 9.17) is 0 Å². The first-order chi connectivity index (χ1) is 14.5. The molecule has 0 aromatic rings. The summed E-state index contributed by atoms with van der Waals surface area (Å²) < 4.78 is 5.34. The van der Waals surface area contributed by atoms with Gasteiger partial charge in [-0.05, 0) is 34.0 Å². The highest BCUT2D eigenvalue weighted by Gasteiger charge is 2.47. The highest BCUT2D eigenvalue weighted by atomic mass is 27.2. The van der Waals surface area contributed by atoms with Gasteiger partial charge in [0.1, 0.15) is 0 Å². The zero-order valence-corrected chi connectivity index (χ0v) is 22.8. The molecule has 3 rings (SSSR count). The van der Waals surface area contributed by atoms with Crippen molar-refractivity contribution >= 4 is 14.1 Å². The first kappa shape index (κ1) is 24.6. The molecule has 0 spiro atoms. The number of hydrogen-bond donors (Lipinski definition) is 0. The van der Waals surface area contributed by atoms with E-state index in [-0.39, 0.29) is 16.2 Å². The van der Waals surface area contributed by atoms with E-state index in [9.17, 15) is 0 Å². The van der Waals surface area contributed by atoms with Gasteiger partial charge in [-0.2, -0.15) is 0 Å². The lowest BCUT2D eigenvalue weighted by Crippen LogP contribution is -2.44. The van der Waals surface area contributed by atoms with Crippen molar-refractivity contribution in [3.63, 3.8) is 0 Å². The molecule has 0 aromatic heterocycles. The molecule has 0 saturated heterocycles. The maximum absolute atomic E-state index is 2.54. The Balaban J connectivity index is 2.23. The average molecular weight is 433 g/mol. The first-order valence-electron chi connectivity index (χ1n) is 12.7. The molecule has 31 heavy (non-hydrogen) atoms. The highest BCUT2D eigenvalue weighted by molar-refractivity contribution is 6.81. The largest absolute Gasteiger partial charge is 0.370 e. The second kappa shape index (κ2) is 9.08. The van der Waals surface area contributed by atoms with Crippen LogP contribution in [0.2, 0.25) is 0 Å². The molecule has 0 aromatic carbocycles. The predicted molar refractivity (Wildman–Crippen MR) is 140 cm³/mol. The van der Waals surface area contributed by atoms with Crippen LogP contribution in [0.3, 0.4) is 0 Å². The summed E-state index contributed by atoms with van der Waals surface area (Å²) in [4.78, 5) is 0. The van der Waals surface area contributed by atoms with Crippen LogP contribution < -0.4 is 0 Å². The fourth-order valence-electron chi connectivity index (χ4n) is 6.96. The minimum atomic E-state index is -1.52. The van der Waals surface area contributed by atoms with Gasteiger partial charge in [0.2, 0.25) is 0 Å². The number of rotatable bonds is 6. The van der Waals surface area contributed by atoms with Crippen molar-refractivity contribution in [2.75, 3.05) is 0 Å². The van der Waals surface area contributed by atoms with Crippen molar-refractivity contribution in [1.82, 2.24) is 0 Å². The van der Waals surface area contributed by atoms with Gasteiger partial charge in [0.15, 0.2) is 0 Å². The van der Waals surface area contributed by atoms with E-state index < -0.39 is 14.1 Å². The van der Waals surface area contributed by atoms with Crippen molar-refractivity contribution in [2.45, 2.75) is 81.6 Å². The summed E-state index contributed by atoms with van der Waals surface area (Å²) in [7, 11) is 0. The molecular formula is C30H45Al. The molecule has 3 unspecified atom stereocenters. The summed E-state index contributed by atoms with van der Waals surface area (Å²) in [5, 5.41) is 0. The van der Waals surface area contributed by atoms with Crippen LogP contribution in [-0.2, 0) is 0 Å². The molecule has 3 aliphatic carbocycles. The van der Waals surface area contributed by atoms with Gasteiger partial charge in [-0.1, -0.05) is 136 Å². The van der Waals surface area contributed by atoms with Crippen molar-refractivity contribution < 1.29 is 0 Å². The summed E-state index contributed by atoms with van der Waals surface area (Å²) in [6.45, 7) is 21.9. The average Bonchev–Trinajstić information content (AvgIpc) is 2.66. The molecule has 1 heteroatoms. The molecule has 0 radical (unpaired) electrons. The Kier molecular flexibility index (Phi) is 7.21. The van der Waals surface area contributed by atoms with Crippen molar-refractivity contribution in [1.29, 1.82) is 0 Å². The van der Waals surface area contributed by atoms with Gasteiger partial charge in [0, 0.05) is 0 Å². The SMILES string of the molecule is CCC1[C]([Al]([C]2=CC=CC(C)(C)C2CC)[C]2=CC=CC(C)(C)C2CC)=CC=CC1(C)C. The third kappa shape index (κ3) is 4.56. The van der Waals surface area contributed by atoms with Crippen LogP contribution in [0.25, 0.3) is 0 Å². The smallest absolute Gasteiger partial charge is 0.117 e. The fraction of sp³-hybridized carbons (Fsp3) is 0.600. The van der Waals surface area contributed by atoms with Crippen LogP contribution in [-0.4, -0.2) is 14.1 Å². The quantitative estimate of drug-likeness (QED) is 0.368. The topological polar surface area (TPSA) is 0 Å². The van der Waals surface area contributed by atoms with Gasteiger partial charge in [-0.3, -0.25) is 0 Å². The van der Waals surface area contributed by atoms with E-state index in [0.717, 1.165) is 0 Å². The fourth-order valence-corrected chi connectivity index (χ4v) is 12.2. The summed E-state index contributed by atoms with van der Waals surface area (Å²) >= 11 is -1.52. The summed E-state index contributed by atoms with van der Waals surface area (Å²) in [5.41, 5.74) is 0.692. The molecule has 3 aliphatic rings. The van der Waals surface area contributed by atoms with E-state index in [2.05, 4.69) is 117 Å². The Hall–Kier alpha value is -1.03. The summed E-state index contributed by atoms with van der Waals surface area (Å²) in [6.07, 6.45) is 25.7. The Morgan fingerprint density at radius 3 is 1.03 bits per heavy atom. The van der Waals surface area contributed by atoms with E-state index in [1.165, 1.54) is 19.3 Å². The Morgan fingerprint density at radius 2 is 0.806 bits per heavy atom. The lowest BCUT2D eigenvalue weighted by molar-refractivity contribution is 0.309. The Morgan fingerprint density at radius 1 is 0.548 bits per heavy atom. The highest BCUT2D eigenvalue weighted by Crippen LogP contribution is 2.51. The van der Waals surface area contributed by atoms with E-state index in [0.29, 0.717) is 17.8 Å². The van der Waals surface area contributed by atoms with Gasteiger partial charge >= 0.3 is 14.1 Å². The second-order valence-corrected chi connectivity index (χ2v) is 14.7. The number of allylic oxidation sites excluding steroid dienone is 12. The van der Waals surface area contributed by atoms with Crippen LogP contribution in [0.15, 0.2) is 68.0 Å². The Bertz CT molecular complexity index is 739. The molecule has 0 bridgehead atoms. The zero-order chi connectivity index (χ0) is 23.0. The standard InChI is InChI=1S/3C10H15.Al/c3*1-4-9-7-5-6-8-10(9,2)3;/h3*5-6,8-9H,4H2,1-3H3;. The van der Waals surface area contributed by atoms with E-state index >= 15 is 0 Å². The molecule has 0 amide bonds. The molecule has 0 heterocycles. The van der Waals surface area contributed by atoms with Gasteiger partial charge in [-0.15, -0.1) is 13.3 Å². The lowest BCUT2D eigenvalue weighted by Gasteiger charge is -2.46. The van der Waals surface area contributed by atoms with Gasteiger partial charge in [0.25, 0.3) is 0 Å². The molecular weight excluding hydrogens is 387 g/mol. The van der Waals surface area contributed by atoms with Crippen LogP contribution in [0.5, 0.6) is 0 Å². The van der Waals surface area contributed by atoms with Crippen LogP contribution >= 0.6 is 0 Å². The van der Waals surface area contributed by atoms with Gasteiger partial charge < -0.3 is 0 Å². The second-order valence-electron chi connectivity index (χ2n) is 11.9. The van der Waals surface area contributed by atoms with Crippen LogP contribution in [0, 0.1) is 34.0 Å². The van der Waals surface area contributed by atoms with Crippen molar-refractivity contribution in [3.8, 4) is 0 Å². The summed E-state index contributed by atoms with van der Waals surface area (Å²) in [6, 6.07) is 0. The molecule has 0 aliphatic heterocycles. The van der Waals surface area contributed by atoms with Crippen LogP contribution in [0.4, 0.5) is 0 Å². The first-order valence-corrected chi connectivity index (χ1v) is 14.4. The maximum Gasteiger partial charge on any atom is 0.370 e. The third-order valence-electron chi connectivity index (χ3n) is 8.57. The molecule has 168 valence electrons. The predicted octanol–water partition coefficient (Wildman–Crippen LogP) is 8.74.